The van der Waals surface area contributed by atoms with Gasteiger partial charge in [0.2, 0.25) is 0 Å². The molecule has 0 aromatic heterocycles. The highest BCUT2D eigenvalue weighted by molar-refractivity contribution is 6.00. The second kappa shape index (κ2) is 4.30. The van der Waals surface area contributed by atoms with Crippen LogP contribution in [0.5, 0.6) is 0 Å². The highest BCUT2D eigenvalue weighted by atomic mass is 15.2. The molecule has 1 aliphatic heterocycles. The van der Waals surface area contributed by atoms with Crippen molar-refractivity contribution in [3.63, 3.8) is 0 Å². The van der Waals surface area contributed by atoms with Gasteiger partial charge >= 0.3 is 0 Å². The Morgan fingerprint density at radius 2 is 1.67 bits per heavy atom. The zero-order chi connectivity index (χ0) is 12.5. The van der Waals surface area contributed by atoms with Crippen LogP contribution in [0.25, 0.3) is 0 Å². The van der Waals surface area contributed by atoms with Crippen LogP contribution in [0.1, 0.15) is 29.7 Å². The molecule has 90 valence electrons. The highest BCUT2D eigenvalue weighted by Crippen LogP contribution is 2.30. The van der Waals surface area contributed by atoms with E-state index in [1.807, 2.05) is 24.3 Å². The van der Waals surface area contributed by atoms with Crippen LogP contribution in [0, 0.1) is 5.41 Å². The molecule has 0 bridgehead atoms. The minimum atomic E-state index is 0.242. The van der Waals surface area contributed by atoms with E-state index in [0.717, 1.165) is 12.1 Å². The van der Waals surface area contributed by atoms with E-state index in [1.54, 1.807) is 0 Å². The molecule has 1 N–H and O–H groups in total. The Bertz CT molecular complexity index is 575. The van der Waals surface area contributed by atoms with Gasteiger partial charge < -0.3 is 4.90 Å². The summed E-state index contributed by atoms with van der Waals surface area (Å²) in [5.74, 6) is 0.641. The van der Waals surface area contributed by atoms with Gasteiger partial charge in [-0.3, -0.25) is 5.41 Å². The van der Waals surface area contributed by atoms with Crippen LogP contribution in [0.2, 0.25) is 0 Å². The fourth-order valence-corrected chi connectivity index (χ4v) is 2.55. The van der Waals surface area contributed by atoms with Gasteiger partial charge in [0, 0.05) is 12.1 Å². The van der Waals surface area contributed by atoms with E-state index in [-0.39, 0.29) is 6.04 Å². The Kier molecular flexibility index (Phi) is 2.63. The molecule has 1 aliphatic rings. The lowest BCUT2D eigenvalue weighted by atomic mass is 10.1. The predicted octanol–water partition coefficient (Wildman–Crippen LogP) is 3.59. The molecule has 0 radical (unpaired) electrons. The van der Waals surface area contributed by atoms with Crippen molar-refractivity contribution >= 4 is 5.84 Å². The molecular weight excluding hydrogens is 220 g/mol. The monoisotopic (exact) mass is 236 g/mol. The van der Waals surface area contributed by atoms with Crippen LogP contribution < -0.4 is 0 Å². The summed E-state index contributed by atoms with van der Waals surface area (Å²) in [7, 11) is 0. The summed E-state index contributed by atoms with van der Waals surface area (Å²) in [5.41, 5.74) is 3.58. The van der Waals surface area contributed by atoms with Crippen LogP contribution >= 0.6 is 0 Å². The first-order valence-electron chi connectivity index (χ1n) is 6.26. The number of rotatable bonds is 2. The Balaban J connectivity index is 1.91. The molecule has 0 aliphatic carbocycles. The third-order valence-corrected chi connectivity index (χ3v) is 3.65. The largest absolute Gasteiger partial charge is 0.345 e. The lowest BCUT2D eigenvalue weighted by Crippen LogP contribution is -2.27. The van der Waals surface area contributed by atoms with Crippen LogP contribution in [0.3, 0.4) is 0 Å². The lowest BCUT2D eigenvalue weighted by molar-refractivity contribution is 0.341. The molecule has 0 fully saturated rings. The van der Waals surface area contributed by atoms with E-state index in [0.29, 0.717) is 5.84 Å². The quantitative estimate of drug-likeness (QED) is 0.847. The van der Waals surface area contributed by atoms with Crippen LogP contribution in [0.4, 0.5) is 0 Å². The number of nitrogens with zero attached hydrogens (tertiary/aromatic N) is 1. The SMILES string of the molecule is CC(c1ccccc1)N1Cc2ccccc2C1=N. The molecule has 1 unspecified atom stereocenters. The Morgan fingerprint density at radius 1 is 1.00 bits per heavy atom. The maximum Gasteiger partial charge on any atom is 0.129 e. The molecule has 1 heterocycles. The van der Waals surface area contributed by atoms with Crippen molar-refractivity contribution in [3.05, 3.63) is 71.3 Å². The third-order valence-electron chi connectivity index (χ3n) is 3.65. The maximum atomic E-state index is 8.29. The van der Waals surface area contributed by atoms with Crippen LogP contribution in [0.15, 0.2) is 54.6 Å². The van der Waals surface area contributed by atoms with Gasteiger partial charge in [0.1, 0.15) is 5.84 Å². The summed E-state index contributed by atoms with van der Waals surface area (Å²) in [6.07, 6.45) is 0. The summed E-state index contributed by atoms with van der Waals surface area (Å²) in [4.78, 5) is 2.15. The second-order valence-corrected chi connectivity index (χ2v) is 4.72. The molecule has 18 heavy (non-hydrogen) atoms. The van der Waals surface area contributed by atoms with Crippen LogP contribution in [-0.2, 0) is 6.54 Å². The second-order valence-electron chi connectivity index (χ2n) is 4.72. The van der Waals surface area contributed by atoms with Gasteiger partial charge in [-0.1, -0.05) is 54.6 Å². The average molecular weight is 236 g/mol. The van der Waals surface area contributed by atoms with Gasteiger partial charge in [0.05, 0.1) is 6.04 Å². The number of benzene rings is 2. The Morgan fingerprint density at radius 3 is 2.39 bits per heavy atom. The number of fused-ring (bicyclic) bond motifs is 1. The van der Waals surface area contributed by atoms with Crippen molar-refractivity contribution < 1.29 is 0 Å². The van der Waals surface area contributed by atoms with Crippen molar-refractivity contribution in [2.24, 2.45) is 0 Å². The first kappa shape index (κ1) is 11.0. The predicted molar refractivity (Wildman–Crippen MR) is 73.7 cm³/mol. The fourth-order valence-electron chi connectivity index (χ4n) is 2.55. The number of nitrogens with one attached hydrogen (secondary N) is 1. The van der Waals surface area contributed by atoms with Gasteiger partial charge in [-0.2, -0.15) is 0 Å². The minimum absolute atomic E-state index is 0.242. The van der Waals surface area contributed by atoms with E-state index in [2.05, 4.69) is 42.2 Å². The van der Waals surface area contributed by atoms with E-state index >= 15 is 0 Å². The lowest BCUT2D eigenvalue weighted by Gasteiger charge is -2.26. The van der Waals surface area contributed by atoms with Gasteiger partial charge in [-0.25, -0.2) is 0 Å². The molecule has 0 saturated carbocycles. The first-order chi connectivity index (χ1) is 8.77. The Hall–Kier alpha value is -2.09. The molecule has 3 rings (SSSR count). The first-order valence-corrected chi connectivity index (χ1v) is 6.26. The Labute approximate surface area is 107 Å². The average Bonchev–Trinajstić information content (AvgIpc) is 2.77. The highest BCUT2D eigenvalue weighted by Gasteiger charge is 2.27. The third kappa shape index (κ3) is 1.70. The van der Waals surface area contributed by atoms with Crippen molar-refractivity contribution in [1.82, 2.24) is 4.90 Å². The van der Waals surface area contributed by atoms with E-state index in [1.165, 1.54) is 11.1 Å². The molecule has 0 amide bonds. The van der Waals surface area contributed by atoms with E-state index in [9.17, 15) is 0 Å². The molecule has 2 heteroatoms. The maximum absolute atomic E-state index is 8.29. The molecule has 0 spiro atoms. The molecule has 2 aromatic carbocycles. The summed E-state index contributed by atoms with van der Waals surface area (Å²) in [6.45, 7) is 3.00. The summed E-state index contributed by atoms with van der Waals surface area (Å²) in [6, 6.07) is 18.8. The molecule has 0 saturated heterocycles. The summed E-state index contributed by atoms with van der Waals surface area (Å²) >= 11 is 0. The number of hydrogen-bond donors (Lipinski definition) is 1. The van der Waals surface area contributed by atoms with Crippen molar-refractivity contribution in [2.75, 3.05) is 0 Å². The van der Waals surface area contributed by atoms with Crippen LogP contribution in [-0.4, -0.2) is 10.7 Å². The van der Waals surface area contributed by atoms with E-state index in [4.69, 9.17) is 5.41 Å². The molecule has 2 nitrogen and oxygen atoms in total. The standard InChI is InChI=1S/C16H16N2/c1-12(13-7-3-2-4-8-13)18-11-14-9-5-6-10-15(14)16(18)17/h2-10,12,17H,11H2,1H3. The summed E-state index contributed by atoms with van der Waals surface area (Å²) in [5, 5.41) is 8.29. The normalized spacial score (nSPS) is 15.6. The van der Waals surface area contributed by atoms with Gasteiger partial charge in [-0.05, 0) is 18.1 Å². The van der Waals surface area contributed by atoms with Crippen molar-refractivity contribution in [3.8, 4) is 0 Å². The van der Waals surface area contributed by atoms with Gasteiger partial charge in [0.25, 0.3) is 0 Å². The number of hydrogen-bond acceptors (Lipinski definition) is 1. The summed E-state index contributed by atoms with van der Waals surface area (Å²) < 4.78 is 0. The topological polar surface area (TPSA) is 27.1 Å². The van der Waals surface area contributed by atoms with Gasteiger partial charge in [-0.15, -0.1) is 0 Å². The fraction of sp³-hybridized carbons (Fsp3) is 0.188. The van der Waals surface area contributed by atoms with E-state index < -0.39 is 0 Å². The van der Waals surface area contributed by atoms with Crippen molar-refractivity contribution in [1.29, 1.82) is 5.41 Å². The van der Waals surface area contributed by atoms with Crippen molar-refractivity contribution in [2.45, 2.75) is 19.5 Å². The van der Waals surface area contributed by atoms with Gasteiger partial charge in [0.15, 0.2) is 0 Å². The molecular formula is C16H16N2. The smallest absolute Gasteiger partial charge is 0.129 e. The number of amidine groups is 1. The molecule has 2 aromatic rings. The molecule has 1 atom stereocenters. The zero-order valence-corrected chi connectivity index (χ0v) is 10.4. The zero-order valence-electron chi connectivity index (χ0n) is 10.4. The minimum Gasteiger partial charge on any atom is -0.345 e.